The molecular weight excluding hydrogens is 392 g/mol. The van der Waals surface area contributed by atoms with Gasteiger partial charge in [-0.25, -0.2) is 0 Å². The third-order valence-corrected chi connectivity index (χ3v) is 5.46. The standard InChI is InChI=1S/C21H30N4O3.ClH/c1-15(26)17-6-2-7-18(11-17)24-20(27)14-25-10-4-5-16(13-25)12-23-21(28)19-8-3-9-22-19;/h2,6-7,11,16,19,22H,3-5,8-10,12-14H2,1H3,(H,23,28)(H,24,27);1H. The Bertz CT molecular complexity index is 722. The molecule has 0 bridgehead atoms. The second-order valence-corrected chi connectivity index (χ2v) is 7.82. The van der Waals surface area contributed by atoms with Crippen molar-refractivity contribution in [3.05, 3.63) is 29.8 Å². The van der Waals surface area contributed by atoms with E-state index in [9.17, 15) is 14.4 Å². The van der Waals surface area contributed by atoms with Crippen molar-refractivity contribution < 1.29 is 14.4 Å². The van der Waals surface area contributed by atoms with E-state index in [0.717, 1.165) is 45.3 Å². The van der Waals surface area contributed by atoms with E-state index in [1.165, 1.54) is 6.92 Å². The summed E-state index contributed by atoms with van der Waals surface area (Å²) in [5.74, 6) is 0.357. The molecule has 0 aliphatic carbocycles. The smallest absolute Gasteiger partial charge is 0.238 e. The van der Waals surface area contributed by atoms with E-state index in [4.69, 9.17) is 0 Å². The lowest BCUT2D eigenvalue weighted by Gasteiger charge is -2.32. The largest absolute Gasteiger partial charge is 0.354 e. The van der Waals surface area contributed by atoms with Gasteiger partial charge < -0.3 is 16.0 Å². The summed E-state index contributed by atoms with van der Waals surface area (Å²) in [6, 6.07) is 6.95. The van der Waals surface area contributed by atoms with Crippen LogP contribution in [-0.4, -0.2) is 61.3 Å². The second kappa shape index (κ2) is 11.3. The minimum Gasteiger partial charge on any atom is -0.354 e. The molecule has 3 N–H and O–H groups in total. The topological polar surface area (TPSA) is 90.5 Å². The zero-order valence-corrected chi connectivity index (χ0v) is 17.7. The Morgan fingerprint density at radius 1 is 1.21 bits per heavy atom. The van der Waals surface area contributed by atoms with Crippen molar-refractivity contribution in [2.45, 2.75) is 38.6 Å². The van der Waals surface area contributed by atoms with Gasteiger partial charge in [0.2, 0.25) is 11.8 Å². The minimum atomic E-state index is -0.0828. The molecule has 160 valence electrons. The number of carbonyl (C=O) groups is 3. The minimum absolute atomic E-state index is 0. The van der Waals surface area contributed by atoms with Crippen LogP contribution >= 0.6 is 12.4 Å². The van der Waals surface area contributed by atoms with Gasteiger partial charge in [0.15, 0.2) is 5.78 Å². The molecule has 1 aromatic carbocycles. The predicted octanol–water partition coefficient (Wildman–Crippen LogP) is 1.83. The molecule has 2 aliphatic heterocycles. The average molecular weight is 423 g/mol. The summed E-state index contributed by atoms with van der Waals surface area (Å²) in [6.07, 6.45) is 4.06. The fraction of sp³-hybridized carbons (Fsp3) is 0.571. The van der Waals surface area contributed by atoms with Gasteiger partial charge in [-0.3, -0.25) is 19.3 Å². The van der Waals surface area contributed by atoms with Crippen molar-refractivity contribution >= 4 is 35.7 Å². The molecule has 2 amide bonds. The molecule has 2 atom stereocenters. The van der Waals surface area contributed by atoms with Crippen LogP contribution in [0.25, 0.3) is 0 Å². The quantitative estimate of drug-likeness (QED) is 0.583. The van der Waals surface area contributed by atoms with Gasteiger partial charge in [0.1, 0.15) is 0 Å². The van der Waals surface area contributed by atoms with E-state index in [1.807, 2.05) is 0 Å². The van der Waals surface area contributed by atoms with Gasteiger partial charge >= 0.3 is 0 Å². The number of nitrogens with one attached hydrogen (secondary N) is 3. The highest BCUT2D eigenvalue weighted by atomic mass is 35.5. The Labute approximate surface area is 178 Å². The van der Waals surface area contributed by atoms with Crippen LogP contribution in [0.3, 0.4) is 0 Å². The van der Waals surface area contributed by atoms with Crippen LogP contribution in [0.2, 0.25) is 0 Å². The van der Waals surface area contributed by atoms with Gasteiger partial charge in [0, 0.05) is 24.3 Å². The molecule has 2 saturated heterocycles. The van der Waals surface area contributed by atoms with Crippen LogP contribution in [0.4, 0.5) is 5.69 Å². The van der Waals surface area contributed by atoms with E-state index in [2.05, 4.69) is 20.9 Å². The summed E-state index contributed by atoms with van der Waals surface area (Å²) in [5.41, 5.74) is 1.23. The molecule has 2 fully saturated rings. The normalized spacial score (nSPS) is 21.8. The number of anilines is 1. The van der Waals surface area contributed by atoms with Gasteiger partial charge in [-0.1, -0.05) is 12.1 Å². The number of nitrogens with zero attached hydrogens (tertiary/aromatic N) is 1. The molecule has 29 heavy (non-hydrogen) atoms. The van der Waals surface area contributed by atoms with Crippen molar-refractivity contribution in [2.24, 2.45) is 5.92 Å². The first-order valence-corrected chi connectivity index (χ1v) is 10.2. The highest BCUT2D eigenvalue weighted by molar-refractivity contribution is 5.97. The molecule has 0 radical (unpaired) electrons. The van der Waals surface area contributed by atoms with Crippen molar-refractivity contribution in [2.75, 3.05) is 38.0 Å². The number of likely N-dealkylation sites (tertiary alicyclic amines) is 1. The highest BCUT2D eigenvalue weighted by Crippen LogP contribution is 2.17. The monoisotopic (exact) mass is 422 g/mol. The molecule has 8 heteroatoms. The zero-order chi connectivity index (χ0) is 19.9. The summed E-state index contributed by atoms with van der Waals surface area (Å²) in [4.78, 5) is 38.2. The maximum atomic E-state index is 12.4. The maximum Gasteiger partial charge on any atom is 0.238 e. The van der Waals surface area contributed by atoms with E-state index >= 15 is 0 Å². The lowest BCUT2D eigenvalue weighted by Crippen LogP contribution is -2.46. The zero-order valence-electron chi connectivity index (χ0n) is 16.9. The molecule has 0 aromatic heterocycles. The Morgan fingerprint density at radius 2 is 2.03 bits per heavy atom. The summed E-state index contributed by atoms with van der Waals surface area (Å²) >= 11 is 0. The number of piperidine rings is 1. The third kappa shape index (κ3) is 7.10. The number of amides is 2. The number of benzene rings is 1. The Balaban J connectivity index is 0.00000300. The van der Waals surface area contributed by atoms with Crippen molar-refractivity contribution in [3.63, 3.8) is 0 Å². The Hall–Kier alpha value is -1.96. The molecular formula is C21H31ClN4O3. The first kappa shape index (κ1) is 23.3. The van der Waals surface area contributed by atoms with Crippen LogP contribution in [0.5, 0.6) is 0 Å². The molecule has 2 unspecified atom stereocenters. The van der Waals surface area contributed by atoms with Gasteiger partial charge in [0.25, 0.3) is 0 Å². The summed E-state index contributed by atoms with van der Waals surface area (Å²) in [5, 5.41) is 9.16. The number of ketones is 1. The van der Waals surface area contributed by atoms with E-state index in [0.29, 0.717) is 30.3 Å². The molecule has 1 aromatic rings. The summed E-state index contributed by atoms with van der Waals surface area (Å²) in [7, 11) is 0. The number of carbonyl (C=O) groups excluding carboxylic acids is 3. The first-order valence-electron chi connectivity index (χ1n) is 10.2. The predicted molar refractivity (Wildman–Crippen MR) is 116 cm³/mol. The molecule has 2 aliphatic rings. The molecule has 2 heterocycles. The number of hydrogen-bond donors (Lipinski definition) is 3. The number of halogens is 1. The Kier molecular flexibility index (Phi) is 9.07. The third-order valence-electron chi connectivity index (χ3n) is 5.46. The van der Waals surface area contributed by atoms with Crippen LogP contribution in [0.15, 0.2) is 24.3 Å². The molecule has 7 nitrogen and oxygen atoms in total. The Morgan fingerprint density at radius 3 is 2.76 bits per heavy atom. The molecule has 3 rings (SSSR count). The van der Waals surface area contributed by atoms with Crippen LogP contribution in [-0.2, 0) is 9.59 Å². The van der Waals surface area contributed by atoms with Gasteiger partial charge in [-0.2, -0.15) is 0 Å². The van der Waals surface area contributed by atoms with E-state index in [1.54, 1.807) is 24.3 Å². The second-order valence-electron chi connectivity index (χ2n) is 7.82. The number of Topliss-reactive ketones (excluding diaryl/α,β-unsaturated/α-hetero) is 1. The average Bonchev–Trinajstić information content (AvgIpc) is 3.21. The van der Waals surface area contributed by atoms with Crippen LogP contribution in [0, 0.1) is 5.92 Å². The van der Waals surface area contributed by atoms with Crippen molar-refractivity contribution in [1.29, 1.82) is 0 Å². The van der Waals surface area contributed by atoms with Crippen molar-refractivity contribution in [3.8, 4) is 0 Å². The van der Waals surface area contributed by atoms with Gasteiger partial charge in [-0.15, -0.1) is 12.4 Å². The number of hydrogen-bond acceptors (Lipinski definition) is 5. The molecule has 0 saturated carbocycles. The van der Waals surface area contributed by atoms with Crippen molar-refractivity contribution in [1.82, 2.24) is 15.5 Å². The molecule has 0 spiro atoms. The SMILES string of the molecule is CC(=O)c1cccc(NC(=O)CN2CCCC(CNC(=O)C3CCCN3)C2)c1.Cl. The van der Waals surface area contributed by atoms with E-state index < -0.39 is 0 Å². The highest BCUT2D eigenvalue weighted by Gasteiger charge is 2.25. The maximum absolute atomic E-state index is 12.4. The lowest BCUT2D eigenvalue weighted by molar-refractivity contribution is -0.123. The van der Waals surface area contributed by atoms with Gasteiger partial charge in [0.05, 0.1) is 12.6 Å². The van der Waals surface area contributed by atoms with Gasteiger partial charge in [-0.05, 0) is 63.7 Å². The fourth-order valence-electron chi connectivity index (χ4n) is 3.96. The lowest BCUT2D eigenvalue weighted by atomic mass is 9.98. The first-order chi connectivity index (χ1) is 13.5. The summed E-state index contributed by atoms with van der Waals surface area (Å²) < 4.78 is 0. The van der Waals surface area contributed by atoms with Crippen LogP contribution < -0.4 is 16.0 Å². The fourth-order valence-corrected chi connectivity index (χ4v) is 3.96. The van der Waals surface area contributed by atoms with E-state index in [-0.39, 0.29) is 36.0 Å². The van der Waals surface area contributed by atoms with Crippen LogP contribution in [0.1, 0.15) is 43.0 Å². The summed E-state index contributed by atoms with van der Waals surface area (Å²) in [6.45, 7) is 5.10. The number of rotatable bonds is 7.